The highest BCUT2D eigenvalue weighted by atomic mass is 16.3. The number of benzene rings is 1. The number of hydrogen-bond donors (Lipinski definition) is 2. The maximum atomic E-state index is 12.6. The number of amides is 2. The molecule has 1 aromatic carbocycles. The minimum atomic E-state index is -0.456. The summed E-state index contributed by atoms with van der Waals surface area (Å²) in [5.74, 6) is 0.324. The van der Waals surface area contributed by atoms with Crippen molar-refractivity contribution in [2.45, 2.75) is 37.5 Å². The van der Waals surface area contributed by atoms with Gasteiger partial charge in [0, 0.05) is 35.4 Å². The van der Waals surface area contributed by atoms with Crippen LogP contribution in [0.3, 0.4) is 0 Å². The van der Waals surface area contributed by atoms with Gasteiger partial charge in [-0.15, -0.1) is 0 Å². The number of carbonyl (C=O) groups is 1. The maximum Gasteiger partial charge on any atom is 0.322 e. The molecular weight excluding hydrogens is 302 g/mol. The van der Waals surface area contributed by atoms with Crippen LogP contribution in [0.5, 0.6) is 0 Å². The van der Waals surface area contributed by atoms with Crippen molar-refractivity contribution in [3.8, 4) is 11.3 Å². The molecule has 2 saturated carbocycles. The number of anilines is 1. The fraction of sp³-hybridized carbons (Fsp3) is 0.368. The number of likely N-dealkylation sites (tertiary alicyclic amines) is 1. The molecule has 2 aromatic rings. The van der Waals surface area contributed by atoms with E-state index in [1.165, 1.54) is 0 Å². The molecule has 3 unspecified atom stereocenters. The molecule has 2 aliphatic carbocycles. The quantitative estimate of drug-likeness (QED) is 0.894. The Morgan fingerprint density at radius 1 is 1.29 bits per heavy atom. The van der Waals surface area contributed by atoms with Crippen LogP contribution < -0.4 is 5.32 Å². The van der Waals surface area contributed by atoms with Gasteiger partial charge >= 0.3 is 6.03 Å². The molecule has 2 heterocycles. The lowest BCUT2D eigenvalue weighted by Crippen LogP contribution is -2.89. The van der Waals surface area contributed by atoms with Gasteiger partial charge in [-0.25, -0.2) is 4.79 Å². The van der Waals surface area contributed by atoms with Gasteiger partial charge in [0.15, 0.2) is 0 Å². The van der Waals surface area contributed by atoms with Gasteiger partial charge in [0.25, 0.3) is 0 Å². The number of piperidine rings is 3. The van der Waals surface area contributed by atoms with Gasteiger partial charge in [0.05, 0.1) is 11.3 Å². The lowest BCUT2D eigenvalue weighted by molar-refractivity contribution is -0.318. The smallest absolute Gasteiger partial charge is 0.322 e. The zero-order valence-electron chi connectivity index (χ0n) is 13.4. The fourth-order valence-electron chi connectivity index (χ4n) is 4.66. The van der Waals surface area contributed by atoms with E-state index in [1.807, 2.05) is 48.2 Å². The van der Waals surface area contributed by atoms with Crippen LogP contribution in [-0.2, 0) is 0 Å². The van der Waals surface area contributed by atoms with E-state index in [4.69, 9.17) is 0 Å². The Bertz CT molecular complexity index is 822. The van der Waals surface area contributed by atoms with Crippen LogP contribution in [-0.4, -0.2) is 38.7 Å². The van der Waals surface area contributed by atoms with Gasteiger partial charge in [-0.2, -0.15) is 0 Å². The van der Waals surface area contributed by atoms with Crippen LogP contribution in [0.25, 0.3) is 11.3 Å². The molecule has 5 heteroatoms. The molecule has 3 fully saturated rings. The number of rotatable bonds is 2. The van der Waals surface area contributed by atoms with Crippen molar-refractivity contribution in [1.29, 1.82) is 0 Å². The van der Waals surface area contributed by atoms with Crippen molar-refractivity contribution in [2.24, 2.45) is 5.92 Å². The molecule has 1 aromatic heterocycles. The van der Waals surface area contributed by atoms with E-state index >= 15 is 0 Å². The first-order chi connectivity index (χ1) is 11.6. The van der Waals surface area contributed by atoms with Crippen LogP contribution in [0.4, 0.5) is 10.5 Å². The van der Waals surface area contributed by atoms with E-state index < -0.39 is 5.60 Å². The predicted octanol–water partition coefficient (Wildman–Crippen LogP) is 2.80. The maximum absolute atomic E-state index is 12.6. The molecule has 3 aliphatic rings. The number of pyridine rings is 1. The number of aromatic nitrogens is 1. The molecule has 24 heavy (non-hydrogen) atoms. The van der Waals surface area contributed by atoms with E-state index in [-0.39, 0.29) is 18.1 Å². The third-order valence-electron chi connectivity index (χ3n) is 5.95. The highest BCUT2D eigenvalue weighted by molar-refractivity contribution is 5.92. The molecule has 1 saturated heterocycles. The Hall–Kier alpha value is -2.40. The van der Waals surface area contributed by atoms with E-state index in [0.29, 0.717) is 5.92 Å². The molecule has 0 bridgehead atoms. The molecule has 2 amide bonds. The molecule has 0 radical (unpaired) electrons. The normalized spacial score (nSPS) is 32.1. The average Bonchev–Trinajstić information content (AvgIpc) is 2.56. The molecule has 122 valence electrons. The average molecular weight is 321 g/mol. The minimum Gasteiger partial charge on any atom is -0.389 e. The second-order valence-electron chi connectivity index (χ2n) is 7.25. The summed E-state index contributed by atoms with van der Waals surface area (Å²) in [4.78, 5) is 18.9. The first-order valence-corrected chi connectivity index (χ1v) is 8.41. The van der Waals surface area contributed by atoms with Gasteiger partial charge in [0.2, 0.25) is 0 Å². The summed E-state index contributed by atoms with van der Waals surface area (Å²) in [6.45, 7) is 2.04. The number of carbonyl (C=O) groups excluding carboxylic acids is 1. The van der Waals surface area contributed by atoms with E-state index in [1.54, 1.807) is 6.20 Å². The van der Waals surface area contributed by atoms with E-state index in [0.717, 1.165) is 35.3 Å². The monoisotopic (exact) mass is 321 g/mol. The zero-order valence-corrected chi connectivity index (χ0v) is 13.4. The molecule has 1 aliphatic heterocycles. The van der Waals surface area contributed by atoms with Crippen LogP contribution in [0.2, 0.25) is 0 Å². The SMILES string of the molecule is Cc1ccc(NC(=O)N2C3CC4(O)C[C@@H]2C34)cc1-c1ccccn1. The Labute approximate surface area is 140 Å². The number of aryl methyl sites for hydroxylation is 1. The highest BCUT2D eigenvalue weighted by Gasteiger charge is 2.76. The Morgan fingerprint density at radius 3 is 2.71 bits per heavy atom. The third-order valence-corrected chi connectivity index (χ3v) is 5.95. The number of urea groups is 1. The van der Waals surface area contributed by atoms with Crippen LogP contribution in [0, 0.1) is 12.8 Å². The second kappa shape index (κ2) is 4.57. The van der Waals surface area contributed by atoms with Crippen LogP contribution >= 0.6 is 0 Å². The van der Waals surface area contributed by atoms with Crippen molar-refractivity contribution in [2.75, 3.05) is 5.32 Å². The van der Waals surface area contributed by atoms with Crippen molar-refractivity contribution < 1.29 is 9.90 Å². The summed E-state index contributed by atoms with van der Waals surface area (Å²) in [5, 5.41) is 13.1. The van der Waals surface area contributed by atoms with E-state index in [9.17, 15) is 9.90 Å². The minimum absolute atomic E-state index is 0.0566. The topological polar surface area (TPSA) is 65.5 Å². The number of nitrogens with one attached hydrogen (secondary N) is 1. The highest BCUT2D eigenvalue weighted by Crippen LogP contribution is 2.65. The molecule has 4 atom stereocenters. The Balaban J connectivity index is 1.36. The van der Waals surface area contributed by atoms with Gasteiger partial charge in [-0.1, -0.05) is 12.1 Å². The summed E-state index contributed by atoms with van der Waals surface area (Å²) in [5.41, 5.74) is 3.37. The van der Waals surface area contributed by atoms with Gasteiger partial charge in [0.1, 0.15) is 0 Å². The van der Waals surface area contributed by atoms with Crippen LogP contribution in [0.1, 0.15) is 18.4 Å². The lowest BCUT2D eigenvalue weighted by Gasteiger charge is -2.77. The molecule has 5 rings (SSSR count). The zero-order chi connectivity index (χ0) is 16.5. The third kappa shape index (κ3) is 1.73. The molecule has 5 nitrogen and oxygen atoms in total. The standard InChI is InChI=1S/C19H19N3O2/c1-11-5-6-12(8-13(11)14-4-2-3-7-20-14)21-18(23)22-15-9-19(24)10-16(22)17(15)19/h2-8,15-17,24H,9-10H2,1H3,(H,21,23)/t15-,16?,17?,19?/m1/s1. The van der Waals surface area contributed by atoms with Crippen molar-refractivity contribution in [3.05, 3.63) is 48.2 Å². The summed E-state index contributed by atoms with van der Waals surface area (Å²) < 4.78 is 0. The molecule has 2 N–H and O–H groups in total. The lowest BCUT2D eigenvalue weighted by atomic mass is 9.43. The summed E-state index contributed by atoms with van der Waals surface area (Å²) >= 11 is 0. The summed E-state index contributed by atoms with van der Waals surface area (Å²) in [7, 11) is 0. The number of aliphatic hydroxyl groups is 1. The van der Waals surface area contributed by atoms with Gasteiger partial charge < -0.3 is 15.3 Å². The van der Waals surface area contributed by atoms with E-state index in [2.05, 4.69) is 10.3 Å². The van der Waals surface area contributed by atoms with Gasteiger partial charge in [-0.05, 0) is 49.6 Å². The molecule has 0 spiro atoms. The summed E-state index contributed by atoms with van der Waals surface area (Å²) in [6.07, 6.45) is 3.23. The van der Waals surface area contributed by atoms with Crippen molar-refractivity contribution in [3.63, 3.8) is 0 Å². The summed E-state index contributed by atoms with van der Waals surface area (Å²) in [6, 6.07) is 12.1. The van der Waals surface area contributed by atoms with Gasteiger partial charge in [-0.3, -0.25) is 4.98 Å². The Kier molecular flexibility index (Phi) is 2.66. The first-order valence-electron chi connectivity index (χ1n) is 8.41. The van der Waals surface area contributed by atoms with Crippen molar-refractivity contribution >= 4 is 11.7 Å². The largest absolute Gasteiger partial charge is 0.389 e. The number of hydrogen-bond acceptors (Lipinski definition) is 3. The second-order valence-corrected chi connectivity index (χ2v) is 7.25. The van der Waals surface area contributed by atoms with Crippen molar-refractivity contribution in [1.82, 2.24) is 9.88 Å². The number of nitrogens with zero attached hydrogens (tertiary/aromatic N) is 2. The predicted molar refractivity (Wildman–Crippen MR) is 90.5 cm³/mol. The fourth-order valence-corrected chi connectivity index (χ4v) is 4.66. The Morgan fingerprint density at radius 2 is 2.08 bits per heavy atom. The molecular formula is C19H19N3O2. The van der Waals surface area contributed by atoms with Crippen LogP contribution in [0.15, 0.2) is 42.6 Å². The first kappa shape index (κ1) is 14.0.